The lowest BCUT2D eigenvalue weighted by Gasteiger charge is -2.07. The zero-order valence-corrected chi connectivity index (χ0v) is 8.64. The Hall–Kier alpha value is -1.84. The van der Waals surface area contributed by atoms with E-state index in [1.807, 2.05) is 24.5 Å². The monoisotopic (exact) mass is 204 g/mol. The molecule has 1 heterocycles. The lowest BCUT2D eigenvalue weighted by Crippen LogP contribution is -2.00. The van der Waals surface area contributed by atoms with E-state index in [0.29, 0.717) is 5.52 Å². The number of nitrogens with zero attached hydrogens (tertiary/aromatic N) is 2. The summed E-state index contributed by atoms with van der Waals surface area (Å²) in [6.07, 6.45) is 1.68. The van der Waals surface area contributed by atoms with Crippen molar-refractivity contribution in [3.05, 3.63) is 30.1 Å². The first-order chi connectivity index (χ1) is 7.11. The molecule has 2 aromatic rings. The lowest BCUT2D eigenvalue weighted by molar-refractivity contribution is 0.0699. The van der Waals surface area contributed by atoms with E-state index in [1.165, 1.54) is 0 Å². The average Bonchev–Trinajstić information content (AvgIpc) is 2.59. The van der Waals surface area contributed by atoms with Crippen LogP contribution in [-0.4, -0.2) is 20.6 Å². The van der Waals surface area contributed by atoms with Crippen LogP contribution < -0.4 is 0 Å². The van der Waals surface area contributed by atoms with E-state index in [9.17, 15) is 4.79 Å². The van der Waals surface area contributed by atoms with Crippen molar-refractivity contribution in [2.24, 2.45) is 0 Å². The van der Waals surface area contributed by atoms with E-state index in [4.69, 9.17) is 5.11 Å². The first kappa shape index (κ1) is 9.71. The van der Waals surface area contributed by atoms with Gasteiger partial charge in [0.05, 0.1) is 17.4 Å². The maximum Gasteiger partial charge on any atom is 0.337 e. The van der Waals surface area contributed by atoms with Crippen molar-refractivity contribution in [2.45, 2.75) is 19.9 Å². The maximum atomic E-state index is 10.9. The number of benzene rings is 1. The summed E-state index contributed by atoms with van der Waals surface area (Å²) in [5, 5.41) is 8.98. The molecule has 15 heavy (non-hydrogen) atoms. The van der Waals surface area contributed by atoms with Gasteiger partial charge >= 0.3 is 5.97 Å². The van der Waals surface area contributed by atoms with Crippen LogP contribution in [0.2, 0.25) is 0 Å². The van der Waals surface area contributed by atoms with Crippen LogP contribution in [0.5, 0.6) is 0 Å². The van der Waals surface area contributed by atoms with E-state index in [1.54, 1.807) is 18.5 Å². The van der Waals surface area contributed by atoms with E-state index in [-0.39, 0.29) is 11.6 Å². The number of para-hydroxylation sites is 1. The topological polar surface area (TPSA) is 55.1 Å². The fourth-order valence-electron chi connectivity index (χ4n) is 1.64. The summed E-state index contributed by atoms with van der Waals surface area (Å²) in [5.74, 6) is -0.936. The second kappa shape index (κ2) is 3.38. The Morgan fingerprint density at radius 1 is 1.47 bits per heavy atom. The SMILES string of the molecule is CC(C)n1cnc2c(C(=O)O)cccc21. The predicted molar refractivity (Wildman–Crippen MR) is 57.1 cm³/mol. The van der Waals surface area contributed by atoms with Crippen LogP contribution in [0.25, 0.3) is 11.0 Å². The lowest BCUT2D eigenvalue weighted by atomic mass is 10.2. The number of carboxylic acid groups (broad SMARTS) is 1. The standard InChI is InChI=1S/C11H12N2O2/c1-7(2)13-6-12-10-8(11(14)15)4-3-5-9(10)13/h3-7H,1-2H3,(H,14,15). The minimum absolute atomic E-state index is 0.256. The van der Waals surface area contributed by atoms with Crippen molar-refractivity contribution in [1.82, 2.24) is 9.55 Å². The number of hydrogen-bond acceptors (Lipinski definition) is 2. The van der Waals surface area contributed by atoms with Gasteiger partial charge in [-0.25, -0.2) is 9.78 Å². The Labute approximate surface area is 87.2 Å². The molecule has 0 atom stereocenters. The van der Waals surface area contributed by atoms with Crippen LogP contribution in [0, 0.1) is 0 Å². The third-order valence-electron chi connectivity index (χ3n) is 2.39. The van der Waals surface area contributed by atoms with Gasteiger partial charge in [0.1, 0.15) is 5.52 Å². The molecule has 0 saturated carbocycles. The second-order valence-corrected chi connectivity index (χ2v) is 3.72. The molecule has 0 radical (unpaired) electrons. The Balaban J connectivity index is 2.74. The normalized spacial score (nSPS) is 11.1. The van der Waals surface area contributed by atoms with E-state index in [2.05, 4.69) is 4.98 Å². The number of hydrogen-bond donors (Lipinski definition) is 1. The molecule has 1 aromatic heterocycles. The number of aromatic carboxylic acids is 1. The summed E-state index contributed by atoms with van der Waals surface area (Å²) in [7, 11) is 0. The Morgan fingerprint density at radius 2 is 2.20 bits per heavy atom. The minimum Gasteiger partial charge on any atom is -0.478 e. The van der Waals surface area contributed by atoms with E-state index in [0.717, 1.165) is 5.52 Å². The molecule has 1 aromatic carbocycles. The molecule has 0 aliphatic carbocycles. The molecular weight excluding hydrogens is 192 g/mol. The summed E-state index contributed by atoms with van der Waals surface area (Å²) in [5.41, 5.74) is 1.68. The van der Waals surface area contributed by atoms with Gasteiger partial charge in [-0.15, -0.1) is 0 Å². The summed E-state index contributed by atoms with van der Waals surface area (Å²) in [6, 6.07) is 5.47. The molecule has 0 unspecified atom stereocenters. The summed E-state index contributed by atoms with van der Waals surface area (Å²) < 4.78 is 1.96. The quantitative estimate of drug-likeness (QED) is 0.816. The third-order valence-corrected chi connectivity index (χ3v) is 2.39. The van der Waals surface area contributed by atoms with Crippen LogP contribution in [0.15, 0.2) is 24.5 Å². The Morgan fingerprint density at radius 3 is 2.80 bits per heavy atom. The smallest absolute Gasteiger partial charge is 0.337 e. The fraction of sp³-hybridized carbons (Fsp3) is 0.273. The Kier molecular flexibility index (Phi) is 2.19. The molecule has 0 aliphatic rings. The van der Waals surface area contributed by atoms with Crippen molar-refractivity contribution >= 4 is 17.0 Å². The van der Waals surface area contributed by atoms with Crippen LogP contribution >= 0.6 is 0 Å². The first-order valence-electron chi connectivity index (χ1n) is 4.80. The molecule has 2 rings (SSSR count). The van der Waals surface area contributed by atoms with Crippen LogP contribution in [-0.2, 0) is 0 Å². The molecule has 0 amide bonds. The van der Waals surface area contributed by atoms with Gasteiger partial charge < -0.3 is 9.67 Å². The van der Waals surface area contributed by atoms with E-state index < -0.39 is 5.97 Å². The van der Waals surface area contributed by atoms with Gasteiger partial charge in [-0.05, 0) is 26.0 Å². The molecule has 4 heteroatoms. The number of rotatable bonds is 2. The van der Waals surface area contributed by atoms with Crippen molar-refractivity contribution in [1.29, 1.82) is 0 Å². The molecule has 4 nitrogen and oxygen atoms in total. The summed E-state index contributed by atoms with van der Waals surface area (Å²) in [4.78, 5) is 15.1. The Bertz CT molecular complexity index is 514. The minimum atomic E-state index is -0.936. The molecular formula is C11H12N2O2. The van der Waals surface area contributed by atoms with Crippen molar-refractivity contribution in [3.8, 4) is 0 Å². The van der Waals surface area contributed by atoms with Crippen LogP contribution in [0.4, 0.5) is 0 Å². The number of carbonyl (C=O) groups is 1. The fourth-order valence-corrected chi connectivity index (χ4v) is 1.64. The molecule has 0 bridgehead atoms. The number of aromatic nitrogens is 2. The second-order valence-electron chi connectivity index (χ2n) is 3.72. The highest BCUT2D eigenvalue weighted by Crippen LogP contribution is 2.20. The molecule has 78 valence electrons. The largest absolute Gasteiger partial charge is 0.478 e. The average molecular weight is 204 g/mol. The van der Waals surface area contributed by atoms with Crippen molar-refractivity contribution < 1.29 is 9.90 Å². The van der Waals surface area contributed by atoms with Gasteiger partial charge in [0.25, 0.3) is 0 Å². The number of fused-ring (bicyclic) bond motifs is 1. The maximum absolute atomic E-state index is 10.9. The predicted octanol–water partition coefficient (Wildman–Crippen LogP) is 2.32. The molecule has 0 spiro atoms. The zero-order chi connectivity index (χ0) is 11.0. The van der Waals surface area contributed by atoms with E-state index >= 15 is 0 Å². The third kappa shape index (κ3) is 1.48. The van der Waals surface area contributed by atoms with Gasteiger partial charge in [0.15, 0.2) is 0 Å². The van der Waals surface area contributed by atoms with Crippen molar-refractivity contribution in [2.75, 3.05) is 0 Å². The van der Waals surface area contributed by atoms with Gasteiger partial charge in [-0.3, -0.25) is 0 Å². The highest BCUT2D eigenvalue weighted by Gasteiger charge is 2.12. The zero-order valence-electron chi connectivity index (χ0n) is 8.64. The molecule has 0 saturated heterocycles. The van der Waals surface area contributed by atoms with Crippen LogP contribution in [0.1, 0.15) is 30.2 Å². The van der Waals surface area contributed by atoms with Gasteiger partial charge in [0, 0.05) is 6.04 Å². The molecule has 0 fully saturated rings. The molecule has 1 N–H and O–H groups in total. The number of imidazole rings is 1. The van der Waals surface area contributed by atoms with Gasteiger partial charge in [0.2, 0.25) is 0 Å². The van der Waals surface area contributed by atoms with Crippen LogP contribution in [0.3, 0.4) is 0 Å². The first-order valence-corrected chi connectivity index (χ1v) is 4.80. The number of carboxylic acids is 1. The van der Waals surface area contributed by atoms with Gasteiger partial charge in [-0.1, -0.05) is 6.07 Å². The highest BCUT2D eigenvalue weighted by molar-refractivity contribution is 6.00. The summed E-state index contributed by atoms with van der Waals surface area (Å²) >= 11 is 0. The van der Waals surface area contributed by atoms with Gasteiger partial charge in [-0.2, -0.15) is 0 Å². The highest BCUT2D eigenvalue weighted by atomic mass is 16.4. The molecule has 0 aliphatic heterocycles. The van der Waals surface area contributed by atoms with Crippen molar-refractivity contribution in [3.63, 3.8) is 0 Å². The summed E-state index contributed by atoms with van der Waals surface area (Å²) in [6.45, 7) is 4.07.